The van der Waals surface area contributed by atoms with Crippen LogP contribution in [0.25, 0.3) is 48.5 Å². The Labute approximate surface area is 177 Å². The number of hydrogen-bond acceptors (Lipinski definition) is 3. The quantitative estimate of drug-likeness (QED) is 0.319. The molecule has 2 aromatic carbocycles. The summed E-state index contributed by atoms with van der Waals surface area (Å²) in [5, 5.41) is 2.49. The van der Waals surface area contributed by atoms with Gasteiger partial charge in [-0.05, 0) is 36.4 Å². The molecule has 0 saturated heterocycles. The molecule has 4 heterocycles. The molecule has 6 rings (SSSR count). The maximum atomic E-state index is 4.68. The fourth-order valence-corrected chi connectivity index (χ4v) is 5.37. The molecule has 0 bridgehead atoms. The summed E-state index contributed by atoms with van der Waals surface area (Å²) in [5.74, 6) is 0. The van der Waals surface area contributed by atoms with Crippen molar-refractivity contribution in [3.05, 3.63) is 104 Å². The van der Waals surface area contributed by atoms with Gasteiger partial charge in [0.2, 0.25) is 0 Å². The van der Waals surface area contributed by atoms with Gasteiger partial charge < -0.3 is 4.57 Å². The standard InChI is InChI=1S/C26H17N3S/c1-2-10-19(11-3-1)29-22-14-5-4-12-20(22)23-24(29)25(18-9-8-15-27-17-18)30-26(23)21-13-6-7-16-28-21/h1-17H. The number of aromatic nitrogens is 3. The van der Waals surface area contributed by atoms with Gasteiger partial charge in [0.1, 0.15) is 0 Å². The molecule has 0 spiro atoms. The van der Waals surface area contributed by atoms with Crippen molar-refractivity contribution in [3.63, 3.8) is 0 Å². The van der Waals surface area contributed by atoms with Crippen LogP contribution in [0.2, 0.25) is 0 Å². The maximum Gasteiger partial charge on any atom is 0.0809 e. The Balaban J connectivity index is 1.83. The molecule has 0 fully saturated rings. The first-order chi connectivity index (χ1) is 14.9. The fraction of sp³-hybridized carbons (Fsp3) is 0. The first-order valence-electron chi connectivity index (χ1n) is 9.85. The highest BCUT2D eigenvalue weighted by Gasteiger charge is 2.23. The highest BCUT2D eigenvalue weighted by Crippen LogP contribution is 2.48. The topological polar surface area (TPSA) is 30.7 Å². The summed E-state index contributed by atoms with van der Waals surface area (Å²) in [6.07, 6.45) is 5.63. The molecule has 0 aliphatic rings. The van der Waals surface area contributed by atoms with Crippen LogP contribution in [0.15, 0.2) is 104 Å². The van der Waals surface area contributed by atoms with Gasteiger partial charge in [0.25, 0.3) is 0 Å². The molecule has 4 aromatic heterocycles. The normalized spacial score (nSPS) is 11.3. The van der Waals surface area contributed by atoms with Gasteiger partial charge in [-0.15, -0.1) is 11.3 Å². The molecule has 30 heavy (non-hydrogen) atoms. The molecule has 0 radical (unpaired) electrons. The third kappa shape index (κ3) is 2.58. The predicted molar refractivity (Wildman–Crippen MR) is 125 cm³/mol. The first kappa shape index (κ1) is 17.1. The van der Waals surface area contributed by atoms with E-state index in [0.29, 0.717) is 0 Å². The number of pyridine rings is 2. The van der Waals surface area contributed by atoms with Crippen molar-refractivity contribution in [2.75, 3.05) is 0 Å². The van der Waals surface area contributed by atoms with E-state index in [1.165, 1.54) is 31.6 Å². The largest absolute Gasteiger partial charge is 0.308 e. The van der Waals surface area contributed by atoms with E-state index in [-0.39, 0.29) is 0 Å². The number of fused-ring (bicyclic) bond motifs is 3. The lowest BCUT2D eigenvalue weighted by molar-refractivity contribution is 1.18. The molecular weight excluding hydrogens is 386 g/mol. The summed E-state index contributed by atoms with van der Waals surface area (Å²) in [4.78, 5) is 11.5. The van der Waals surface area contributed by atoms with Crippen LogP contribution < -0.4 is 0 Å². The van der Waals surface area contributed by atoms with E-state index in [9.17, 15) is 0 Å². The van der Waals surface area contributed by atoms with Gasteiger partial charge in [0.15, 0.2) is 0 Å². The van der Waals surface area contributed by atoms with Crippen LogP contribution in [0, 0.1) is 0 Å². The number of para-hydroxylation sites is 2. The van der Waals surface area contributed by atoms with Crippen molar-refractivity contribution in [3.8, 4) is 26.7 Å². The van der Waals surface area contributed by atoms with E-state index < -0.39 is 0 Å². The van der Waals surface area contributed by atoms with Gasteiger partial charge in [-0.3, -0.25) is 9.97 Å². The third-order valence-corrected chi connectivity index (χ3v) is 6.61. The van der Waals surface area contributed by atoms with Crippen LogP contribution in [0.5, 0.6) is 0 Å². The van der Waals surface area contributed by atoms with Crippen molar-refractivity contribution in [1.82, 2.24) is 14.5 Å². The lowest BCUT2D eigenvalue weighted by Crippen LogP contribution is -1.93. The van der Waals surface area contributed by atoms with Crippen molar-refractivity contribution in [1.29, 1.82) is 0 Å². The minimum Gasteiger partial charge on any atom is -0.308 e. The maximum absolute atomic E-state index is 4.68. The smallest absolute Gasteiger partial charge is 0.0809 e. The van der Waals surface area contributed by atoms with Crippen LogP contribution in [0.1, 0.15) is 0 Å². The number of thiophene rings is 1. The minimum atomic E-state index is 0.999. The van der Waals surface area contributed by atoms with Crippen LogP contribution in [-0.4, -0.2) is 14.5 Å². The third-order valence-electron chi connectivity index (χ3n) is 5.36. The molecular formula is C26H17N3S. The molecule has 6 aromatic rings. The second-order valence-electron chi connectivity index (χ2n) is 7.13. The Morgan fingerprint density at radius 2 is 1.53 bits per heavy atom. The molecule has 0 saturated carbocycles. The summed E-state index contributed by atoms with van der Waals surface area (Å²) in [6, 6.07) is 29.4. The van der Waals surface area contributed by atoms with Crippen molar-refractivity contribution in [2.45, 2.75) is 0 Å². The summed E-state index contributed by atoms with van der Waals surface area (Å²) in [6.45, 7) is 0. The highest BCUT2D eigenvalue weighted by atomic mass is 32.1. The van der Waals surface area contributed by atoms with E-state index >= 15 is 0 Å². The highest BCUT2D eigenvalue weighted by molar-refractivity contribution is 7.21. The predicted octanol–water partition coefficient (Wildman–Crippen LogP) is 6.97. The molecule has 0 unspecified atom stereocenters. The van der Waals surface area contributed by atoms with E-state index in [4.69, 9.17) is 0 Å². The zero-order chi connectivity index (χ0) is 19.9. The van der Waals surface area contributed by atoms with E-state index in [1.807, 2.05) is 36.8 Å². The second kappa shape index (κ2) is 6.94. The van der Waals surface area contributed by atoms with Crippen molar-refractivity contribution in [2.24, 2.45) is 0 Å². The Bertz CT molecular complexity index is 1470. The summed E-state index contributed by atoms with van der Waals surface area (Å²) in [5.41, 5.74) is 5.68. The SMILES string of the molecule is c1ccc(-n2c3ccccc3c3c(-c4ccccn4)sc(-c4cccnc4)c32)cc1. The van der Waals surface area contributed by atoms with Gasteiger partial charge in [-0.1, -0.05) is 48.5 Å². The summed E-state index contributed by atoms with van der Waals surface area (Å²) >= 11 is 1.79. The molecule has 0 aliphatic heterocycles. The van der Waals surface area contributed by atoms with Crippen molar-refractivity contribution >= 4 is 33.1 Å². The minimum absolute atomic E-state index is 0.999. The van der Waals surface area contributed by atoms with Gasteiger partial charge in [-0.2, -0.15) is 0 Å². The van der Waals surface area contributed by atoms with Gasteiger partial charge in [0, 0.05) is 40.6 Å². The molecule has 0 N–H and O–H groups in total. The lowest BCUT2D eigenvalue weighted by atomic mass is 10.1. The molecule has 0 aliphatic carbocycles. The Morgan fingerprint density at radius 1 is 0.700 bits per heavy atom. The summed E-state index contributed by atoms with van der Waals surface area (Å²) in [7, 11) is 0. The number of benzene rings is 2. The van der Waals surface area contributed by atoms with Crippen LogP contribution in [0.4, 0.5) is 0 Å². The fourth-order valence-electron chi connectivity index (χ4n) is 4.10. The van der Waals surface area contributed by atoms with E-state index in [2.05, 4.69) is 81.3 Å². The average Bonchev–Trinajstić information content (AvgIpc) is 3.37. The second-order valence-corrected chi connectivity index (χ2v) is 8.15. The van der Waals surface area contributed by atoms with Crippen LogP contribution in [-0.2, 0) is 0 Å². The van der Waals surface area contributed by atoms with Gasteiger partial charge in [0.05, 0.1) is 26.5 Å². The first-order valence-corrected chi connectivity index (χ1v) is 10.7. The Morgan fingerprint density at radius 3 is 2.33 bits per heavy atom. The van der Waals surface area contributed by atoms with E-state index in [0.717, 1.165) is 16.9 Å². The number of nitrogens with zero attached hydrogens (tertiary/aromatic N) is 3. The lowest BCUT2D eigenvalue weighted by Gasteiger charge is -2.08. The molecule has 3 nitrogen and oxygen atoms in total. The molecule has 142 valence electrons. The summed E-state index contributed by atoms with van der Waals surface area (Å²) < 4.78 is 2.37. The number of rotatable bonds is 3. The zero-order valence-electron chi connectivity index (χ0n) is 16.1. The number of hydrogen-bond donors (Lipinski definition) is 0. The molecule has 0 amide bonds. The van der Waals surface area contributed by atoms with Gasteiger partial charge >= 0.3 is 0 Å². The molecule has 0 atom stereocenters. The van der Waals surface area contributed by atoms with Gasteiger partial charge in [-0.25, -0.2) is 0 Å². The van der Waals surface area contributed by atoms with Crippen LogP contribution in [0.3, 0.4) is 0 Å². The van der Waals surface area contributed by atoms with Crippen LogP contribution >= 0.6 is 11.3 Å². The van der Waals surface area contributed by atoms with Crippen molar-refractivity contribution < 1.29 is 0 Å². The Hall–Kier alpha value is -3.76. The molecule has 4 heteroatoms. The van der Waals surface area contributed by atoms with E-state index in [1.54, 1.807) is 11.3 Å². The Kier molecular flexibility index (Phi) is 3.96. The monoisotopic (exact) mass is 403 g/mol. The zero-order valence-corrected chi connectivity index (χ0v) is 16.9. The average molecular weight is 404 g/mol.